The topological polar surface area (TPSA) is 84.0 Å². The molecule has 0 atom stereocenters. The quantitative estimate of drug-likeness (QED) is 0.882. The van der Waals surface area contributed by atoms with Crippen molar-refractivity contribution >= 4 is 34.0 Å². The van der Waals surface area contributed by atoms with Crippen molar-refractivity contribution in [1.82, 2.24) is 10.2 Å². The number of hydrogen-bond donors (Lipinski definition) is 2. The molecule has 0 aliphatic carbocycles. The van der Waals surface area contributed by atoms with E-state index in [1.807, 2.05) is 0 Å². The number of anilines is 2. The molecule has 0 fully saturated rings. The lowest BCUT2D eigenvalue weighted by Crippen LogP contribution is -2.16. The Balaban J connectivity index is 2.21. The summed E-state index contributed by atoms with van der Waals surface area (Å²) in [6.45, 7) is 1.39. The normalized spacial score (nSPS) is 9.83. The minimum atomic E-state index is -0.337. The van der Waals surface area contributed by atoms with Gasteiger partial charge in [0.25, 0.3) is 5.91 Å². The predicted molar refractivity (Wildman–Crippen MR) is 68.6 cm³/mol. The summed E-state index contributed by atoms with van der Waals surface area (Å²) >= 11 is 1.22. The number of nitrogens with zero attached hydrogens (tertiary/aromatic N) is 2. The standard InChI is InChI=1S/C11H10N4O2S/c1-7(16)13-9-5-3-2-4-8(9)10(17)14-11-15-12-6-18-11/h2-6H,1H3,(H,13,16)(H,14,15,17). The van der Waals surface area contributed by atoms with Gasteiger partial charge in [0, 0.05) is 6.92 Å². The number of benzene rings is 1. The lowest BCUT2D eigenvalue weighted by molar-refractivity contribution is -0.114. The van der Waals surface area contributed by atoms with E-state index in [-0.39, 0.29) is 11.8 Å². The third-order valence-electron chi connectivity index (χ3n) is 2.06. The molecule has 0 saturated heterocycles. The summed E-state index contributed by atoms with van der Waals surface area (Å²) in [5, 5.41) is 13.0. The van der Waals surface area contributed by atoms with Crippen LogP contribution >= 0.6 is 11.3 Å². The van der Waals surface area contributed by atoms with E-state index in [1.54, 1.807) is 24.3 Å². The van der Waals surface area contributed by atoms with Gasteiger partial charge in [-0.1, -0.05) is 23.5 Å². The number of hydrogen-bond acceptors (Lipinski definition) is 5. The monoisotopic (exact) mass is 262 g/mol. The Morgan fingerprint density at radius 3 is 2.67 bits per heavy atom. The Morgan fingerprint density at radius 2 is 2.00 bits per heavy atom. The third-order valence-corrected chi connectivity index (χ3v) is 2.67. The second kappa shape index (κ2) is 5.37. The summed E-state index contributed by atoms with van der Waals surface area (Å²) in [5.41, 5.74) is 2.37. The minimum Gasteiger partial charge on any atom is -0.326 e. The van der Waals surface area contributed by atoms with E-state index in [9.17, 15) is 9.59 Å². The van der Waals surface area contributed by atoms with E-state index in [2.05, 4.69) is 20.8 Å². The van der Waals surface area contributed by atoms with Crippen LogP contribution in [0.25, 0.3) is 0 Å². The maximum atomic E-state index is 12.0. The van der Waals surface area contributed by atoms with Gasteiger partial charge < -0.3 is 5.32 Å². The van der Waals surface area contributed by atoms with E-state index in [0.717, 1.165) is 0 Å². The summed E-state index contributed by atoms with van der Waals surface area (Å²) < 4.78 is 0. The molecule has 0 saturated carbocycles. The van der Waals surface area contributed by atoms with Crippen molar-refractivity contribution in [2.24, 2.45) is 0 Å². The molecule has 2 N–H and O–H groups in total. The van der Waals surface area contributed by atoms with E-state index in [4.69, 9.17) is 0 Å². The molecule has 1 aromatic carbocycles. The van der Waals surface area contributed by atoms with Crippen LogP contribution in [0.5, 0.6) is 0 Å². The van der Waals surface area contributed by atoms with Gasteiger partial charge in [-0.15, -0.1) is 10.2 Å². The number of rotatable bonds is 3. The van der Waals surface area contributed by atoms with Gasteiger partial charge in [-0.05, 0) is 12.1 Å². The molecule has 0 radical (unpaired) electrons. The van der Waals surface area contributed by atoms with Crippen molar-refractivity contribution in [2.75, 3.05) is 10.6 Å². The molecule has 7 heteroatoms. The van der Waals surface area contributed by atoms with E-state index in [1.165, 1.54) is 23.8 Å². The number of para-hydroxylation sites is 1. The summed E-state index contributed by atoms with van der Waals surface area (Å²) in [6.07, 6.45) is 0. The van der Waals surface area contributed by atoms with Gasteiger partial charge in [-0.2, -0.15) is 0 Å². The summed E-state index contributed by atoms with van der Waals surface area (Å²) in [4.78, 5) is 23.0. The smallest absolute Gasteiger partial charge is 0.259 e. The molecule has 2 rings (SSSR count). The molecule has 0 bridgehead atoms. The average Bonchev–Trinajstić information content (AvgIpc) is 2.81. The van der Waals surface area contributed by atoms with Crippen molar-refractivity contribution in [3.05, 3.63) is 35.3 Å². The third kappa shape index (κ3) is 2.89. The van der Waals surface area contributed by atoms with Crippen LogP contribution in [0.1, 0.15) is 17.3 Å². The van der Waals surface area contributed by atoms with Gasteiger partial charge in [0.2, 0.25) is 11.0 Å². The minimum absolute atomic E-state index is 0.230. The Kier molecular flexibility index (Phi) is 3.63. The van der Waals surface area contributed by atoms with Gasteiger partial charge in [-0.3, -0.25) is 14.9 Å². The number of aromatic nitrogens is 2. The molecule has 18 heavy (non-hydrogen) atoms. The van der Waals surface area contributed by atoms with Crippen molar-refractivity contribution in [1.29, 1.82) is 0 Å². The van der Waals surface area contributed by atoms with Crippen LogP contribution in [-0.4, -0.2) is 22.0 Å². The number of nitrogens with one attached hydrogen (secondary N) is 2. The van der Waals surface area contributed by atoms with E-state index < -0.39 is 0 Å². The zero-order valence-corrected chi connectivity index (χ0v) is 10.3. The molecule has 2 aromatic rings. The fourth-order valence-electron chi connectivity index (χ4n) is 1.37. The van der Waals surface area contributed by atoms with Crippen LogP contribution in [0.2, 0.25) is 0 Å². The highest BCUT2D eigenvalue weighted by Gasteiger charge is 2.12. The molecule has 1 heterocycles. The van der Waals surface area contributed by atoms with Crippen LogP contribution in [0.3, 0.4) is 0 Å². The Labute approximate surface area is 107 Å². The van der Waals surface area contributed by atoms with Gasteiger partial charge in [-0.25, -0.2) is 0 Å². The summed E-state index contributed by atoms with van der Waals surface area (Å²) in [7, 11) is 0. The molecule has 0 unspecified atom stereocenters. The molecular formula is C11H10N4O2S. The van der Waals surface area contributed by atoms with Crippen LogP contribution in [0.4, 0.5) is 10.8 Å². The first kappa shape index (κ1) is 12.2. The summed E-state index contributed by atoms with van der Waals surface area (Å²) in [6, 6.07) is 6.76. The second-order valence-corrected chi connectivity index (χ2v) is 4.26. The first-order valence-corrected chi connectivity index (χ1v) is 5.99. The van der Waals surface area contributed by atoms with Crippen LogP contribution in [0, 0.1) is 0 Å². The van der Waals surface area contributed by atoms with Crippen LogP contribution in [0.15, 0.2) is 29.8 Å². The van der Waals surface area contributed by atoms with Crippen LogP contribution < -0.4 is 10.6 Å². The molecule has 1 aromatic heterocycles. The SMILES string of the molecule is CC(=O)Nc1ccccc1C(=O)Nc1nncs1. The highest BCUT2D eigenvalue weighted by Crippen LogP contribution is 2.17. The van der Waals surface area contributed by atoms with Crippen molar-refractivity contribution in [2.45, 2.75) is 6.92 Å². The highest BCUT2D eigenvalue weighted by atomic mass is 32.1. The van der Waals surface area contributed by atoms with Gasteiger partial charge in [0.05, 0.1) is 11.3 Å². The largest absolute Gasteiger partial charge is 0.326 e. The van der Waals surface area contributed by atoms with Crippen molar-refractivity contribution in [3.8, 4) is 0 Å². The van der Waals surface area contributed by atoms with Crippen molar-refractivity contribution in [3.63, 3.8) is 0 Å². The lowest BCUT2D eigenvalue weighted by atomic mass is 10.1. The Bertz CT molecular complexity index is 568. The fourth-order valence-corrected chi connectivity index (χ4v) is 1.81. The molecule has 0 aliphatic rings. The van der Waals surface area contributed by atoms with Gasteiger partial charge in [0.1, 0.15) is 5.51 Å². The predicted octanol–water partition coefficient (Wildman–Crippen LogP) is 1.75. The zero-order valence-electron chi connectivity index (χ0n) is 9.51. The molecular weight excluding hydrogens is 252 g/mol. The number of carbonyl (C=O) groups excluding carboxylic acids is 2. The lowest BCUT2D eigenvalue weighted by Gasteiger charge is -2.08. The number of carbonyl (C=O) groups is 2. The fraction of sp³-hybridized carbons (Fsp3) is 0.0909. The van der Waals surface area contributed by atoms with E-state index in [0.29, 0.717) is 16.4 Å². The maximum absolute atomic E-state index is 12.0. The molecule has 2 amide bonds. The van der Waals surface area contributed by atoms with E-state index >= 15 is 0 Å². The zero-order chi connectivity index (χ0) is 13.0. The van der Waals surface area contributed by atoms with Crippen molar-refractivity contribution < 1.29 is 9.59 Å². The maximum Gasteiger partial charge on any atom is 0.259 e. The average molecular weight is 262 g/mol. The Morgan fingerprint density at radius 1 is 1.22 bits per heavy atom. The molecule has 92 valence electrons. The summed E-state index contributed by atoms with van der Waals surface area (Å²) in [5.74, 6) is -0.567. The highest BCUT2D eigenvalue weighted by molar-refractivity contribution is 7.13. The molecule has 0 aliphatic heterocycles. The first-order valence-electron chi connectivity index (χ1n) is 5.11. The van der Waals surface area contributed by atoms with Gasteiger partial charge in [0.15, 0.2) is 0 Å². The van der Waals surface area contributed by atoms with Crippen LogP contribution in [-0.2, 0) is 4.79 Å². The first-order chi connectivity index (χ1) is 8.66. The molecule has 0 spiro atoms. The number of amides is 2. The molecule has 6 nitrogen and oxygen atoms in total. The second-order valence-electron chi connectivity index (χ2n) is 3.42. The van der Waals surface area contributed by atoms with Gasteiger partial charge >= 0.3 is 0 Å². The Hall–Kier alpha value is -2.28.